The summed E-state index contributed by atoms with van der Waals surface area (Å²) in [6.45, 7) is 4.01. The Morgan fingerprint density at radius 1 is 0.622 bits per heavy atom. The Morgan fingerprint density at radius 3 is 1.54 bits per heavy atom. The van der Waals surface area contributed by atoms with Gasteiger partial charge in [-0.25, -0.2) is 0 Å². The Hall–Kier alpha value is -4.72. The molecule has 0 bridgehead atoms. The molecule has 0 radical (unpaired) electrons. The summed E-state index contributed by atoms with van der Waals surface area (Å²) in [4.78, 5) is 26.9. The van der Waals surface area contributed by atoms with Gasteiger partial charge in [0.2, 0.25) is 0 Å². The summed E-state index contributed by atoms with van der Waals surface area (Å²) < 4.78 is 11.1. The van der Waals surface area contributed by atoms with Gasteiger partial charge in [0, 0.05) is 11.6 Å². The van der Waals surface area contributed by atoms with E-state index in [4.69, 9.17) is 9.47 Å². The number of hydrogen-bond acceptors (Lipinski definition) is 4. The molecule has 2 aromatic heterocycles. The summed E-state index contributed by atoms with van der Waals surface area (Å²) in [6, 6.07) is 21.1. The van der Waals surface area contributed by atoms with E-state index in [9.17, 15) is 9.59 Å². The lowest BCUT2D eigenvalue weighted by Crippen LogP contribution is -2.20. The van der Waals surface area contributed by atoms with Gasteiger partial charge in [-0.1, -0.05) is 65.7 Å². The van der Waals surface area contributed by atoms with Gasteiger partial charge in [0.15, 0.2) is 0 Å². The van der Waals surface area contributed by atoms with Crippen molar-refractivity contribution < 1.29 is 9.47 Å². The van der Waals surface area contributed by atoms with Crippen LogP contribution in [0, 0.1) is 13.8 Å². The largest absolute Gasteiger partial charge is 0.497 e. The van der Waals surface area contributed by atoms with Gasteiger partial charge in [0.1, 0.15) is 11.5 Å². The van der Waals surface area contributed by atoms with Crippen LogP contribution in [0.4, 0.5) is 0 Å². The first kappa shape index (κ1) is 24.0. The summed E-state index contributed by atoms with van der Waals surface area (Å²) >= 11 is 0. The molecule has 5 aromatic rings. The summed E-state index contributed by atoms with van der Waals surface area (Å²) in [5, 5.41) is 11.6. The fourth-order valence-electron chi connectivity index (χ4n) is 4.69. The summed E-state index contributed by atoms with van der Waals surface area (Å²) in [5.41, 5.74) is 5.85. The quantitative estimate of drug-likeness (QED) is 0.257. The molecule has 0 aliphatic carbocycles. The fraction of sp³-hybridized carbons (Fsp3) is 0.172. The molecule has 0 aliphatic heterocycles. The third kappa shape index (κ3) is 4.38. The number of hydrogen-bond donors (Lipinski definition) is 4. The topological polar surface area (TPSA) is 116 Å². The number of aromatic nitrogens is 4. The minimum atomic E-state index is -0.765. The second-order valence-corrected chi connectivity index (χ2v) is 9.01. The van der Waals surface area contributed by atoms with Crippen LogP contribution in [-0.2, 0) is 0 Å². The minimum Gasteiger partial charge on any atom is -0.497 e. The number of aromatic amines is 4. The van der Waals surface area contributed by atoms with Crippen molar-refractivity contribution in [3.8, 4) is 34.0 Å². The molecule has 0 amide bonds. The molecule has 0 unspecified atom stereocenters. The molecule has 2 heterocycles. The smallest absolute Gasteiger partial charge is 0.268 e. The summed E-state index contributed by atoms with van der Waals surface area (Å²) in [5.74, 6) is 0.330. The van der Waals surface area contributed by atoms with Gasteiger partial charge < -0.3 is 9.47 Å². The first-order valence-electron chi connectivity index (χ1n) is 11.9. The molecular formula is C29H28N4O4. The van der Waals surface area contributed by atoms with Crippen LogP contribution in [-0.4, -0.2) is 34.6 Å². The second-order valence-electron chi connectivity index (χ2n) is 9.01. The summed E-state index contributed by atoms with van der Waals surface area (Å²) in [7, 11) is 3.13. The van der Waals surface area contributed by atoms with E-state index in [1.807, 2.05) is 68.4 Å². The van der Waals surface area contributed by atoms with Crippen molar-refractivity contribution in [2.45, 2.75) is 19.8 Å². The molecule has 0 atom stereocenters. The van der Waals surface area contributed by atoms with E-state index >= 15 is 0 Å². The van der Waals surface area contributed by atoms with Crippen LogP contribution in [0.5, 0.6) is 11.5 Å². The maximum atomic E-state index is 13.4. The monoisotopic (exact) mass is 496 g/mol. The number of H-pyrrole nitrogens is 4. The van der Waals surface area contributed by atoms with Crippen molar-refractivity contribution in [2.75, 3.05) is 14.2 Å². The molecule has 8 heteroatoms. The average Bonchev–Trinajstić information content (AvgIpc) is 3.48. The second kappa shape index (κ2) is 9.73. The van der Waals surface area contributed by atoms with Gasteiger partial charge in [0.25, 0.3) is 11.1 Å². The molecule has 188 valence electrons. The predicted molar refractivity (Wildman–Crippen MR) is 144 cm³/mol. The number of rotatable bonds is 7. The van der Waals surface area contributed by atoms with Gasteiger partial charge in [-0.05, 0) is 31.0 Å². The highest BCUT2D eigenvalue weighted by Crippen LogP contribution is 2.42. The Labute approximate surface area is 213 Å². The minimum absolute atomic E-state index is 0.325. The first-order chi connectivity index (χ1) is 17.9. The van der Waals surface area contributed by atoms with E-state index < -0.39 is 5.92 Å². The lowest BCUT2D eigenvalue weighted by atomic mass is 9.82. The molecule has 0 aliphatic rings. The van der Waals surface area contributed by atoms with Crippen LogP contribution in [0.3, 0.4) is 0 Å². The molecule has 3 aromatic carbocycles. The predicted octanol–water partition coefficient (Wildman–Crippen LogP) is 4.87. The molecule has 0 spiro atoms. The lowest BCUT2D eigenvalue weighted by molar-refractivity contribution is 0.390. The van der Waals surface area contributed by atoms with Gasteiger partial charge in [-0.15, -0.1) is 0 Å². The van der Waals surface area contributed by atoms with Gasteiger partial charge in [0.05, 0.1) is 42.7 Å². The van der Waals surface area contributed by atoms with E-state index in [0.717, 1.165) is 22.3 Å². The maximum absolute atomic E-state index is 13.4. The van der Waals surface area contributed by atoms with Crippen molar-refractivity contribution in [3.05, 3.63) is 115 Å². The summed E-state index contributed by atoms with van der Waals surface area (Å²) in [6.07, 6.45) is 0. The van der Waals surface area contributed by atoms with Gasteiger partial charge in [-0.2, -0.15) is 0 Å². The van der Waals surface area contributed by atoms with E-state index in [2.05, 4.69) is 20.4 Å². The lowest BCUT2D eigenvalue weighted by Gasteiger charge is -2.21. The first-order valence-corrected chi connectivity index (χ1v) is 11.9. The molecular weight excluding hydrogens is 468 g/mol. The molecule has 0 fully saturated rings. The Morgan fingerprint density at radius 2 is 1.11 bits per heavy atom. The van der Waals surface area contributed by atoms with Gasteiger partial charge in [-0.3, -0.25) is 30.0 Å². The van der Waals surface area contributed by atoms with Crippen molar-refractivity contribution in [3.63, 3.8) is 0 Å². The van der Waals surface area contributed by atoms with Crippen LogP contribution in [0.25, 0.3) is 22.5 Å². The Bertz CT molecular complexity index is 1560. The van der Waals surface area contributed by atoms with Crippen molar-refractivity contribution in [1.82, 2.24) is 20.4 Å². The number of methoxy groups -OCH3 is 2. The zero-order chi connectivity index (χ0) is 26.1. The highest BCUT2D eigenvalue weighted by atomic mass is 16.5. The van der Waals surface area contributed by atoms with Crippen molar-refractivity contribution in [1.29, 1.82) is 0 Å². The van der Waals surface area contributed by atoms with Crippen LogP contribution in [0.15, 0.2) is 76.3 Å². The molecule has 0 saturated heterocycles. The molecule has 8 nitrogen and oxygen atoms in total. The SMILES string of the molecule is COc1ccc(C(c2c(-c3ccc(C)cc3)[nH][nH]c2=O)c2c(-c3ccc(C)cc3)[nH][nH]c2=O)c(OC)c1. The zero-order valence-corrected chi connectivity index (χ0v) is 21.1. The van der Waals surface area contributed by atoms with E-state index in [1.165, 1.54) is 0 Å². The number of ether oxygens (including phenoxy) is 2. The Balaban J connectivity index is 1.83. The standard InChI is InChI=1S/C29H28N4O4/c1-16-5-9-18(10-6-16)26-24(28(34)32-30-26)23(21-14-13-20(36-3)15-22(21)37-4)25-27(31-33-29(25)35)19-11-7-17(2)8-12-19/h5-15,23H,1-4H3,(H2,30,32,34)(H2,31,33,35). The molecule has 4 N–H and O–H groups in total. The zero-order valence-electron chi connectivity index (χ0n) is 21.1. The van der Waals surface area contributed by atoms with Gasteiger partial charge >= 0.3 is 0 Å². The number of aryl methyl sites for hydroxylation is 2. The Kier molecular flexibility index (Phi) is 6.31. The van der Waals surface area contributed by atoms with Crippen molar-refractivity contribution in [2.24, 2.45) is 0 Å². The average molecular weight is 497 g/mol. The highest BCUT2D eigenvalue weighted by molar-refractivity contribution is 5.71. The fourth-order valence-corrected chi connectivity index (χ4v) is 4.69. The van der Waals surface area contributed by atoms with E-state index in [1.54, 1.807) is 26.4 Å². The third-order valence-corrected chi connectivity index (χ3v) is 6.64. The van der Waals surface area contributed by atoms with E-state index in [-0.39, 0.29) is 11.1 Å². The molecule has 0 saturated carbocycles. The number of benzene rings is 3. The maximum Gasteiger partial charge on any atom is 0.268 e. The number of nitrogens with one attached hydrogen (secondary N) is 4. The molecule has 37 heavy (non-hydrogen) atoms. The van der Waals surface area contributed by atoms with E-state index in [0.29, 0.717) is 39.6 Å². The highest BCUT2D eigenvalue weighted by Gasteiger charge is 2.33. The van der Waals surface area contributed by atoms with Crippen LogP contribution < -0.4 is 20.6 Å². The third-order valence-electron chi connectivity index (χ3n) is 6.64. The van der Waals surface area contributed by atoms with Crippen LogP contribution >= 0.6 is 0 Å². The van der Waals surface area contributed by atoms with Crippen molar-refractivity contribution >= 4 is 0 Å². The van der Waals surface area contributed by atoms with Crippen LogP contribution in [0.1, 0.15) is 33.7 Å². The van der Waals surface area contributed by atoms with Crippen LogP contribution in [0.2, 0.25) is 0 Å². The normalized spacial score (nSPS) is 11.2. The molecule has 5 rings (SSSR count).